The average Bonchev–Trinajstić information content (AvgIpc) is 2.91. The predicted molar refractivity (Wildman–Crippen MR) is 136 cm³/mol. The second-order valence-electron chi connectivity index (χ2n) is 8.29. The van der Waals surface area contributed by atoms with Crippen LogP contribution < -0.4 is 15.8 Å². The van der Waals surface area contributed by atoms with E-state index >= 15 is 0 Å². The lowest BCUT2D eigenvalue weighted by Crippen LogP contribution is -2.61. The van der Waals surface area contributed by atoms with Gasteiger partial charge in [-0.05, 0) is 32.4 Å². The molecule has 13 heteroatoms. The van der Waals surface area contributed by atoms with Crippen LogP contribution in [-0.4, -0.2) is 66.4 Å². The van der Waals surface area contributed by atoms with Crippen molar-refractivity contribution in [3.8, 4) is 36.4 Å². The molecule has 1 amide bonds. The molecule has 1 unspecified atom stereocenters. The van der Waals surface area contributed by atoms with E-state index in [9.17, 15) is 19.8 Å². The second-order valence-corrected chi connectivity index (χ2v) is 8.29. The first-order valence-electron chi connectivity index (χ1n) is 11.7. The van der Waals surface area contributed by atoms with Crippen LogP contribution in [0, 0.1) is 31.8 Å². The molecular formula is C26H28N2O11. The summed E-state index contributed by atoms with van der Waals surface area (Å²) in [5, 5.41) is 25.5. The number of aliphatic hydroxyl groups is 1. The lowest BCUT2D eigenvalue weighted by Gasteiger charge is -2.42. The smallest absolute Gasteiger partial charge is 0.431 e. The summed E-state index contributed by atoms with van der Waals surface area (Å²) in [6.07, 6.45) is 5.81. The quantitative estimate of drug-likeness (QED) is 0.138. The lowest BCUT2D eigenvalue weighted by molar-refractivity contribution is -0.276. The molecule has 1 saturated heterocycles. The minimum atomic E-state index is -1.37. The van der Waals surface area contributed by atoms with E-state index in [0.29, 0.717) is 12.0 Å². The average molecular weight is 545 g/mol. The van der Waals surface area contributed by atoms with Crippen molar-refractivity contribution in [2.45, 2.75) is 57.9 Å². The molecule has 0 bridgehead atoms. The molecule has 1 aliphatic rings. The number of hydrogen-bond acceptors (Lipinski definition) is 12. The number of hydrogen-bond donors (Lipinski definition) is 3. The molecule has 3 N–H and O–H groups in total. The van der Waals surface area contributed by atoms with Crippen LogP contribution in [0.2, 0.25) is 0 Å². The Hall–Kier alpha value is -4.27. The Balaban J connectivity index is 1.98. The fraction of sp³-hybridized carbons (Fsp3) is 0.423. The maximum atomic E-state index is 12.7. The number of terminal acetylenes is 2. The molecule has 13 nitrogen and oxygen atoms in total. The summed E-state index contributed by atoms with van der Waals surface area (Å²) in [6, 6.07) is 2.93. The molecule has 1 fully saturated rings. The zero-order valence-corrected chi connectivity index (χ0v) is 21.6. The van der Waals surface area contributed by atoms with Crippen LogP contribution in [0.3, 0.4) is 0 Å². The number of hydroxylamine groups is 1. The largest absolute Gasteiger partial charge is 0.506 e. The van der Waals surface area contributed by atoms with E-state index in [1.165, 1.54) is 26.2 Å². The first kappa shape index (κ1) is 29.3. The molecule has 1 aliphatic heterocycles. The third kappa shape index (κ3) is 6.25. The molecular weight excluding hydrogens is 516 g/mol. The van der Waals surface area contributed by atoms with Gasteiger partial charge in [0, 0.05) is 12.7 Å². The Bertz CT molecular complexity index is 1370. The normalized spacial score (nSPS) is 22.9. The van der Waals surface area contributed by atoms with E-state index in [0.717, 1.165) is 0 Å². The molecule has 1 aromatic carbocycles. The van der Waals surface area contributed by atoms with E-state index in [-0.39, 0.29) is 34.6 Å². The molecule has 2 aromatic rings. The number of ether oxygens (including phenoxy) is 4. The number of amides is 1. The Morgan fingerprint density at radius 3 is 2.67 bits per heavy atom. The molecule has 2 heterocycles. The van der Waals surface area contributed by atoms with Crippen molar-refractivity contribution in [1.29, 1.82) is 0 Å². The zero-order chi connectivity index (χ0) is 28.7. The number of carbonyl (C=O) groups is 1. The minimum absolute atomic E-state index is 0.00599. The summed E-state index contributed by atoms with van der Waals surface area (Å²) in [5.74, 6) is 1.92. The molecule has 0 radical (unpaired) electrons. The van der Waals surface area contributed by atoms with Crippen LogP contribution in [0.1, 0.15) is 31.4 Å². The highest BCUT2D eigenvalue weighted by Crippen LogP contribution is 2.36. The summed E-state index contributed by atoms with van der Waals surface area (Å²) >= 11 is 0. The van der Waals surface area contributed by atoms with Crippen molar-refractivity contribution >= 4 is 22.8 Å². The van der Waals surface area contributed by atoms with Gasteiger partial charge in [0.2, 0.25) is 6.29 Å². The summed E-state index contributed by atoms with van der Waals surface area (Å²) in [4.78, 5) is 34.2. The molecule has 0 spiro atoms. The summed E-state index contributed by atoms with van der Waals surface area (Å²) in [6.45, 7) is 4.59. The monoisotopic (exact) mass is 544 g/mol. The maximum Gasteiger partial charge on any atom is 0.431 e. The number of carbonyl (C=O) groups excluding carboxylic acids is 1. The first-order chi connectivity index (χ1) is 18.7. The first-order valence-corrected chi connectivity index (χ1v) is 11.7. The standard InChI is InChI=1S/C26H28N2O11/c1-7-12-35-28-26(32)39-23-20(30)22(33-6)16(8-2)36-25(23)37-17-11-10-15-19(29)18(14(5)27-34-9-3)24(31)38-21(15)13(17)4/h1,3,10-11,16,20,22-23,25,29-30H,8,12H2,2,4-6H3,(H,28,32)/b27-14+/t16-,20+,22-,23+,25?/m0/s1. The molecule has 208 valence electrons. The van der Waals surface area contributed by atoms with Crippen molar-refractivity contribution < 1.29 is 48.0 Å². The van der Waals surface area contributed by atoms with Gasteiger partial charge in [0.1, 0.15) is 47.6 Å². The predicted octanol–water partition coefficient (Wildman–Crippen LogP) is 1.69. The molecule has 1 aromatic heterocycles. The Morgan fingerprint density at radius 1 is 1.28 bits per heavy atom. The summed E-state index contributed by atoms with van der Waals surface area (Å²) in [7, 11) is 1.38. The van der Waals surface area contributed by atoms with Gasteiger partial charge in [-0.25, -0.2) is 9.59 Å². The van der Waals surface area contributed by atoms with Crippen LogP contribution in [0.4, 0.5) is 4.79 Å². The number of benzene rings is 1. The number of aliphatic hydroxyl groups excluding tert-OH is 1. The Kier molecular flexibility index (Phi) is 9.76. The van der Waals surface area contributed by atoms with E-state index in [2.05, 4.69) is 15.9 Å². The van der Waals surface area contributed by atoms with Crippen LogP contribution >= 0.6 is 0 Å². The number of methoxy groups -OCH3 is 1. The van der Waals surface area contributed by atoms with Crippen molar-refractivity contribution in [1.82, 2.24) is 5.48 Å². The summed E-state index contributed by atoms with van der Waals surface area (Å²) in [5.41, 5.74) is 1.20. The zero-order valence-electron chi connectivity index (χ0n) is 21.6. The van der Waals surface area contributed by atoms with Gasteiger partial charge in [0.25, 0.3) is 0 Å². The van der Waals surface area contributed by atoms with Gasteiger partial charge < -0.3 is 38.4 Å². The molecule has 5 atom stereocenters. The number of aromatic hydroxyl groups is 1. The topological polar surface area (TPSA) is 168 Å². The number of aryl methyl sites for hydroxylation is 1. The van der Waals surface area contributed by atoms with E-state index in [4.69, 9.17) is 41.0 Å². The molecule has 0 aliphatic carbocycles. The van der Waals surface area contributed by atoms with Crippen LogP contribution in [0.15, 0.2) is 26.5 Å². The molecule has 3 rings (SSSR count). The Labute approximate surface area is 223 Å². The van der Waals surface area contributed by atoms with Crippen molar-refractivity contribution in [2.24, 2.45) is 5.16 Å². The van der Waals surface area contributed by atoms with Gasteiger partial charge in [-0.3, -0.25) is 4.84 Å². The van der Waals surface area contributed by atoms with Crippen molar-refractivity contribution in [3.63, 3.8) is 0 Å². The third-order valence-corrected chi connectivity index (χ3v) is 5.93. The van der Waals surface area contributed by atoms with Gasteiger partial charge in [0.15, 0.2) is 6.10 Å². The summed E-state index contributed by atoms with van der Waals surface area (Å²) < 4.78 is 28.1. The number of oxime groups is 1. The van der Waals surface area contributed by atoms with E-state index in [1.807, 2.05) is 18.5 Å². The fourth-order valence-electron chi connectivity index (χ4n) is 4.10. The van der Waals surface area contributed by atoms with Crippen molar-refractivity contribution in [3.05, 3.63) is 33.7 Å². The number of nitrogens with one attached hydrogen (secondary N) is 1. The highest BCUT2D eigenvalue weighted by molar-refractivity contribution is 6.04. The van der Waals surface area contributed by atoms with Gasteiger partial charge in [-0.15, -0.1) is 6.42 Å². The highest BCUT2D eigenvalue weighted by atomic mass is 16.7. The SMILES string of the molecule is C#CCONC(=O)O[C@H]1C(Oc2ccc3c(O)c(/C(C)=N/OC#C)c(=O)oc3c2C)O[C@@H](CC)[C@H](OC)[C@H]1O. The third-order valence-electron chi connectivity index (χ3n) is 5.93. The molecule has 39 heavy (non-hydrogen) atoms. The number of rotatable bonds is 9. The van der Waals surface area contributed by atoms with Gasteiger partial charge >= 0.3 is 11.7 Å². The van der Waals surface area contributed by atoms with E-state index < -0.39 is 48.2 Å². The van der Waals surface area contributed by atoms with E-state index in [1.54, 1.807) is 6.92 Å². The number of fused-ring (bicyclic) bond motifs is 1. The second kappa shape index (κ2) is 13.0. The highest BCUT2D eigenvalue weighted by Gasteiger charge is 2.48. The van der Waals surface area contributed by atoms with Gasteiger partial charge in [-0.2, -0.15) is 5.48 Å². The van der Waals surface area contributed by atoms with Crippen molar-refractivity contribution in [2.75, 3.05) is 13.7 Å². The van der Waals surface area contributed by atoms with Crippen LogP contribution in [0.25, 0.3) is 11.0 Å². The lowest BCUT2D eigenvalue weighted by atomic mass is 9.97. The molecule has 0 saturated carbocycles. The van der Waals surface area contributed by atoms with Crippen LogP contribution in [0.5, 0.6) is 11.5 Å². The van der Waals surface area contributed by atoms with Gasteiger partial charge in [0.05, 0.1) is 17.2 Å². The van der Waals surface area contributed by atoms with Crippen LogP contribution in [-0.2, 0) is 23.9 Å². The minimum Gasteiger partial charge on any atom is -0.506 e. The fourth-order valence-corrected chi connectivity index (χ4v) is 4.10. The maximum absolute atomic E-state index is 12.7. The Morgan fingerprint density at radius 2 is 2.03 bits per heavy atom. The number of nitrogens with zero attached hydrogens (tertiary/aromatic N) is 1. The van der Waals surface area contributed by atoms with Gasteiger partial charge in [-0.1, -0.05) is 24.4 Å².